The second-order valence-corrected chi connectivity index (χ2v) is 11.9. The van der Waals surface area contributed by atoms with Crippen molar-refractivity contribution in [1.82, 2.24) is 15.2 Å². The minimum Gasteiger partial charge on any atom is -0.340 e. The highest BCUT2D eigenvalue weighted by Crippen LogP contribution is 2.49. The summed E-state index contributed by atoms with van der Waals surface area (Å²) in [6.45, 7) is -0.523. The molecular weight excluding hydrogens is 586 g/mol. The summed E-state index contributed by atoms with van der Waals surface area (Å²) in [5, 5.41) is 5.21. The first-order valence-electron chi connectivity index (χ1n) is 13.0. The third kappa shape index (κ3) is 4.52. The number of hydrogen-bond donors (Lipinski definition) is 2. The molecule has 1 spiro atoms. The predicted molar refractivity (Wildman–Crippen MR) is 138 cm³/mol. The van der Waals surface area contributed by atoms with Crippen LogP contribution in [0.3, 0.4) is 0 Å². The second kappa shape index (κ2) is 9.82. The largest absolute Gasteiger partial charge is 0.406 e. The van der Waals surface area contributed by atoms with Gasteiger partial charge in [0.2, 0.25) is 11.8 Å². The molecule has 3 aromatic rings. The van der Waals surface area contributed by atoms with Crippen LogP contribution < -0.4 is 10.6 Å². The van der Waals surface area contributed by atoms with Crippen LogP contribution in [0.5, 0.6) is 0 Å². The van der Waals surface area contributed by atoms with Gasteiger partial charge in [-0.1, -0.05) is 6.07 Å². The first kappa shape index (κ1) is 28.2. The van der Waals surface area contributed by atoms with Gasteiger partial charge in [0.1, 0.15) is 24.2 Å². The van der Waals surface area contributed by atoms with Crippen LogP contribution in [-0.4, -0.2) is 52.4 Å². The Morgan fingerprint density at radius 2 is 1.90 bits per heavy atom. The molecule has 0 bridgehead atoms. The molecule has 3 aliphatic rings. The smallest absolute Gasteiger partial charge is 0.340 e. The maximum atomic E-state index is 14.7. The van der Waals surface area contributed by atoms with Gasteiger partial charge in [-0.25, -0.2) is 18.2 Å². The predicted octanol–water partition coefficient (Wildman–Crippen LogP) is 4.61. The van der Waals surface area contributed by atoms with Crippen LogP contribution in [0.1, 0.15) is 50.5 Å². The first-order chi connectivity index (χ1) is 19.8. The Bertz CT molecular complexity index is 1620. The summed E-state index contributed by atoms with van der Waals surface area (Å²) in [4.78, 5) is 44.8. The molecule has 1 aromatic carbocycles. The maximum absolute atomic E-state index is 14.7. The van der Waals surface area contributed by atoms with Crippen molar-refractivity contribution in [3.05, 3.63) is 80.4 Å². The molecule has 1 aliphatic carbocycles. The lowest BCUT2D eigenvalue weighted by Crippen LogP contribution is -2.59. The van der Waals surface area contributed by atoms with E-state index in [1.54, 1.807) is 18.3 Å². The number of nitrogens with zero attached hydrogens (tertiary/aromatic N) is 2. The van der Waals surface area contributed by atoms with E-state index in [2.05, 4.69) is 15.6 Å². The number of halogens is 6. The van der Waals surface area contributed by atoms with Crippen LogP contribution in [0.4, 0.5) is 32.2 Å². The summed E-state index contributed by atoms with van der Waals surface area (Å²) in [7, 11) is 0. The fourth-order valence-electron chi connectivity index (χ4n) is 6.31. The normalized spacial score (nSPS) is 25.0. The van der Waals surface area contributed by atoms with Gasteiger partial charge >= 0.3 is 6.18 Å². The number of fused-ring (bicyclic) bond motifs is 3. The highest BCUT2D eigenvalue weighted by atomic mass is 32.1. The lowest BCUT2D eigenvalue weighted by Gasteiger charge is -2.43. The number of amides is 3. The number of rotatable bonds is 4. The van der Waals surface area contributed by atoms with Crippen molar-refractivity contribution in [3.8, 4) is 0 Å². The molecule has 0 radical (unpaired) electrons. The Morgan fingerprint density at radius 1 is 1.17 bits per heavy atom. The molecule has 6 rings (SSSR count). The molecule has 2 aromatic heterocycles. The minimum absolute atomic E-state index is 0.160. The molecule has 2 aliphatic heterocycles. The van der Waals surface area contributed by atoms with Gasteiger partial charge in [-0.3, -0.25) is 14.4 Å². The number of benzene rings is 1. The van der Waals surface area contributed by atoms with E-state index in [1.165, 1.54) is 6.92 Å². The van der Waals surface area contributed by atoms with E-state index in [0.717, 1.165) is 27.3 Å². The van der Waals surface area contributed by atoms with Gasteiger partial charge in [0.15, 0.2) is 11.6 Å². The summed E-state index contributed by atoms with van der Waals surface area (Å²) in [5.74, 6) is -7.07. The zero-order valence-electron chi connectivity index (χ0n) is 21.8. The summed E-state index contributed by atoms with van der Waals surface area (Å²) in [6, 6.07) is 3.42. The van der Waals surface area contributed by atoms with Crippen LogP contribution in [0, 0.1) is 17.5 Å². The zero-order valence-corrected chi connectivity index (χ0v) is 22.6. The Balaban J connectivity index is 1.26. The summed E-state index contributed by atoms with van der Waals surface area (Å²) >= 11 is 1.09. The lowest BCUT2D eigenvalue weighted by atomic mass is 9.80. The number of anilines is 1. The molecular formula is C28H22F6N4O3S. The molecule has 1 fully saturated rings. The van der Waals surface area contributed by atoms with E-state index in [0.29, 0.717) is 35.7 Å². The first-order valence-corrected chi connectivity index (χ1v) is 13.8. The van der Waals surface area contributed by atoms with Crippen LogP contribution in [0.2, 0.25) is 0 Å². The standard InChI is InChI=1S/C28H22F6N4O3S/c1-12-14(21-16(29)4-5-17(30)22(21)31)8-18(25(40)38(12)11-28(32,33)34)36-24(39)19-7-13-9-27(10-20(13)42-19)15-3-2-6-35-23(15)37-26(27)41/h2-7,12,14,18H,8-11H2,1H3,(H,36,39)(H,35,37,41)/t12-,14-,18+,27+/m0/s1. The zero-order chi connectivity index (χ0) is 30.1. The average molecular weight is 609 g/mol. The number of carbonyl (C=O) groups is 3. The van der Waals surface area contributed by atoms with Crippen molar-refractivity contribution in [2.24, 2.45) is 0 Å². The Kier molecular flexibility index (Phi) is 6.59. The van der Waals surface area contributed by atoms with E-state index in [-0.39, 0.29) is 10.8 Å². The molecule has 42 heavy (non-hydrogen) atoms. The molecule has 4 heterocycles. The number of alkyl halides is 3. The summed E-state index contributed by atoms with van der Waals surface area (Å²) < 4.78 is 83.7. The number of aromatic nitrogens is 1. The monoisotopic (exact) mass is 608 g/mol. The molecule has 220 valence electrons. The van der Waals surface area contributed by atoms with E-state index in [1.807, 2.05) is 6.07 Å². The van der Waals surface area contributed by atoms with Gasteiger partial charge in [-0.15, -0.1) is 11.3 Å². The van der Waals surface area contributed by atoms with Gasteiger partial charge in [-0.05, 0) is 49.6 Å². The van der Waals surface area contributed by atoms with Crippen molar-refractivity contribution in [2.75, 3.05) is 11.9 Å². The number of piperidine rings is 1. The van der Waals surface area contributed by atoms with Crippen molar-refractivity contribution < 1.29 is 40.7 Å². The quantitative estimate of drug-likeness (QED) is 0.334. The van der Waals surface area contributed by atoms with Gasteiger partial charge < -0.3 is 15.5 Å². The van der Waals surface area contributed by atoms with Crippen LogP contribution in [0.15, 0.2) is 36.5 Å². The molecule has 0 unspecified atom stereocenters. The van der Waals surface area contributed by atoms with Crippen LogP contribution >= 0.6 is 11.3 Å². The molecule has 14 heteroatoms. The molecule has 4 atom stereocenters. The molecule has 7 nitrogen and oxygen atoms in total. The van der Waals surface area contributed by atoms with E-state index < -0.39 is 77.4 Å². The SMILES string of the molecule is C[C@H]1[C@@H](c2c(F)ccc(F)c2F)C[C@@H](NC(=O)c2cc3c(s2)C[C@@]2(C3)C(=O)Nc3ncccc32)C(=O)N1CC(F)(F)F. The van der Waals surface area contributed by atoms with Gasteiger partial charge in [0, 0.05) is 40.6 Å². The molecule has 0 saturated carbocycles. The average Bonchev–Trinajstić information content (AvgIpc) is 3.57. The molecule has 1 saturated heterocycles. The van der Waals surface area contributed by atoms with Gasteiger partial charge in [0.05, 0.1) is 10.3 Å². The number of pyridine rings is 1. The Morgan fingerprint density at radius 3 is 2.62 bits per heavy atom. The van der Waals surface area contributed by atoms with E-state index in [4.69, 9.17) is 0 Å². The second-order valence-electron chi connectivity index (χ2n) is 10.8. The highest BCUT2D eigenvalue weighted by molar-refractivity contribution is 7.14. The number of carbonyl (C=O) groups excluding carboxylic acids is 3. The van der Waals surface area contributed by atoms with Crippen LogP contribution in [-0.2, 0) is 27.8 Å². The van der Waals surface area contributed by atoms with E-state index >= 15 is 0 Å². The summed E-state index contributed by atoms with van der Waals surface area (Å²) in [6.07, 6.45) is -3.11. The highest BCUT2D eigenvalue weighted by Gasteiger charge is 2.52. The van der Waals surface area contributed by atoms with Crippen molar-refractivity contribution >= 4 is 34.9 Å². The Hall–Kier alpha value is -3.94. The number of nitrogens with one attached hydrogen (secondary N) is 2. The van der Waals surface area contributed by atoms with Gasteiger partial charge in [-0.2, -0.15) is 13.2 Å². The number of hydrogen-bond acceptors (Lipinski definition) is 5. The fourth-order valence-corrected chi connectivity index (χ4v) is 7.51. The van der Waals surface area contributed by atoms with Crippen LogP contribution in [0.25, 0.3) is 0 Å². The fraction of sp³-hybridized carbons (Fsp3) is 0.357. The number of thiophene rings is 1. The Labute approximate surface area is 238 Å². The molecule has 3 amide bonds. The van der Waals surface area contributed by atoms with Crippen molar-refractivity contribution in [1.29, 1.82) is 0 Å². The minimum atomic E-state index is -4.84. The summed E-state index contributed by atoms with van der Waals surface area (Å²) in [5.41, 5.74) is -0.161. The third-order valence-electron chi connectivity index (χ3n) is 8.31. The lowest BCUT2D eigenvalue weighted by molar-refractivity contribution is -0.170. The van der Waals surface area contributed by atoms with Crippen molar-refractivity contribution in [2.45, 2.75) is 55.8 Å². The van der Waals surface area contributed by atoms with E-state index in [9.17, 15) is 40.7 Å². The topological polar surface area (TPSA) is 91.4 Å². The van der Waals surface area contributed by atoms with Gasteiger partial charge in [0.25, 0.3) is 5.91 Å². The maximum Gasteiger partial charge on any atom is 0.406 e. The number of likely N-dealkylation sites (tertiary alicyclic amines) is 1. The van der Waals surface area contributed by atoms with Crippen molar-refractivity contribution in [3.63, 3.8) is 0 Å². The molecule has 2 N–H and O–H groups in total. The third-order valence-corrected chi connectivity index (χ3v) is 9.49.